The van der Waals surface area contributed by atoms with Crippen molar-refractivity contribution in [1.82, 2.24) is 9.78 Å². The molecule has 1 aromatic carbocycles. The molecule has 0 saturated carbocycles. The van der Waals surface area contributed by atoms with Crippen molar-refractivity contribution >= 4 is 17.3 Å². The van der Waals surface area contributed by atoms with Crippen LogP contribution in [0.15, 0.2) is 18.2 Å². The van der Waals surface area contributed by atoms with Gasteiger partial charge >= 0.3 is 0 Å². The summed E-state index contributed by atoms with van der Waals surface area (Å²) in [4.78, 5) is 12.3. The molecule has 3 N–H and O–H groups in total. The molecule has 0 bridgehead atoms. The minimum absolute atomic E-state index is 0.142. The summed E-state index contributed by atoms with van der Waals surface area (Å²) in [7, 11) is 1.85. The third-order valence-corrected chi connectivity index (χ3v) is 3.24. The number of carbonyl (C=O) groups is 1. The van der Waals surface area contributed by atoms with Crippen molar-refractivity contribution in [3.05, 3.63) is 40.7 Å². The second kappa shape index (κ2) is 4.76. The first kappa shape index (κ1) is 13.1. The van der Waals surface area contributed by atoms with Gasteiger partial charge in [0, 0.05) is 18.3 Å². The quantitative estimate of drug-likeness (QED) is 0.811. The van der Waals surface area contributed by atoms with E-state index in [2.05, 4.69) is 10.4 Å². The van der Waals surface area contributed by atoms with Gasteiger partial charge in [0.25, 0.3) is 5.91 Å². The van der Waals surface area contributed by atoms with E-state index in [0.29, 0.717) is 11.3 Å². The highest BCUT2D eigenvalue weighted by atomic mass is 16.1. The van der Waals surface area contributed by atoms with E-state index in [1.807, 2.05) is 27.8 Å². The zero-order chi connectivity index (χ0) is 14.2. The van der Waals surface area contributed by atoms with Crippen molar-refractivity contribution in [3.8, 4) is 0 Å². The van der Waals surface area contributed by atoms with Crippen molar-refractivity contribution in [2.45, 2.75) is 20.8 Å². The molecular formula is C14H18N4O. The zero-order valence-electron chi connectivity index (χ0n) is 11.6. The van der Waals surface area contributed by atoms with Crippen LogP contribution >= 0.6 is 0 Å². The van der Waals surface area contributed by atoms with Gasteiger partial charge in [0.1, 0.15) is 0 Å². The standard InChI is InChI=1S/C14H18N4O/c1-8-7-11(15)5-6-12(8)14(19)16-13-9(2)17-18(4)10(13)3/h5-7H,15H2,1-4H3,(H,16,19). The Labute approximate surface area is 112 Å². The number of rotatable bonds is 2. The molecule has 0 aliphatic rings. The third-order valence-electron chi connectivity index (χ3n) is 3.24. The number of carbonyl (C=O) groups excluding carboxylic acids is 1. The topological polar surface area (TPSA) is 72.9 Å². The van der Waals surface area contributed by atoms with Gasteiger partial charge in [-0.25, -0.2) is 0 Å². The van der Waals surface area contributed by atoms with Gasteiger partial charge in [0.05, 0.1) is 17.1 Å². The molecule has 0 atom stereocenters. The van der Waals surface area contributed by atoms with Crippen LogP contribution in [0, 0.1) is 20.8 Å². The number of aryl methyl sites for hydroxylation is 3. The lowest BCUT2D eigenvalue weighted by Crippen LogP contribution is -2.14. The fraction of sp³-hybridized carbons (Fsp3) is 0.286. The predicted octanol–water partition coefficient (Wildman–Crippen LogP) is 2.18. The molecule has 2 rings (SSSR count). The van der Waals surface area contributed by atoms with E-state index in [-0.39, 0.29) is 5.91 Å². The van der Waals surface area contributed by atoms with Crippen LogP contribution in [0.1, 0.15) is 27.3 Å². The van der Waals surface area contributed by atoms with Gasteiger partial charge in [-0.3, -0.25) is 9.48 Å². The normalized spacial score (nSPS) is 10.5. The smallest absolute Gasteiger partial charge is 0.256 e. The van der Waals surface area contributed by atoms with E-state index in [0.717, 1.165) is 22.6 Å². The molecule has 1 heterocycles. The molecular weight excluding hydrogens is 240 g/mol. The van der Waals surface area contributed by atoms with Crippen LogP contribution in [0.5, 0.6) is 0 Å². The Morgan fingerprint density at radius 1 is 1.32 bits per heavy atom. The minimum atomic E-state index is -0.142. The molecule has 0 aliphatic heterocycles. The molecule has 19 heavy (non-hydrogen) atoms. The summed E-state index contributed by atoms with van der Waals surface area (Å²) in [6.45, 7) is 5.66. The molecule has 0 spiro atoms. The number of aromatic nitrogens is 2. The molecule has 0 saturated heterocycles. The highest BCUT2D eigenvalue weighted by Gasteiger charge is 2.15. The highest BCUT2D eigenvalue weighted by Crippen LogP contribution is 2.20. The number of anilines is 2. The first-order valence-electron chi connectivity index (χ1n) is 6.08. The lowest BCUT2D eigenvalue weighted by molar-refractivity contribution is 0.102. The number of nitrogens with one attached hydrogen (secondary N) is 1. The van der Waals surface area contributed by atoms with Crippen LogP contribution < -0.4 is 11.1 Å². The van der Waals surface area contributed by atoms with Gasteiger partial charge in [-0.15, -0.1) is 0 Å². The fourth-order valence-corrected chi connectivity index (χ4v) is 2.08. The van der Waals surface area contributed by atoms with Crippen LogP contribution in [0.4, 0.5) is 11.4 Å². The van der Waals surface area contributed by atoms with Crippen molar-refractivity contribution < 1.29 is 4.79 Å². The Balaban J connectivity index is 2.31. The molecule has 0 aliphatic carbocycles. The molecule has 5 heteroatoms. The maximum atomic E-state index is 12.3. The summed E-state index contributed by atoms with van der Waals surface area (Å²) in [5, 5.41) is 7.19. The lowest BCUT2D eigenvalue weighted by Gasteiger charge is -2.08. The Kier molecular flexibility index (Phi) is 3.29. The summed E-state index contributed by atoms with van der Waals surface area (Å²) in [6.07, 6.45) is 0. The van der Waals surface area contributed by atoms with Gasteiger partial charge in [-0.2, -0.15) is 5.10 Å². The van der Waals surface area contributed by atoms with Gasteiger partial charge in [-0.1, -0.05) is 0 Å². The second-order valence-corrected chi connectivity index (χ2v) is 4.70. The van der Waals surface area contributed by atoms with Crippen molar-refractivity contribution in [1.29, 1.82) is 0 Å². The number of hydrogen-bond donors (Lipinski definition) is 2. The number of nitrogens with two attached hydrogens (primary N) is 1. The number of nitrogen functional groups attached to an aromatic ring is 1. The number of nitrogens with zero attached hydrogens (tertiary/aromatic N) is 2. The summed E-state index contributed by atoms with van der Waals surface area (Å²) in [6, 6.07) is 5.25. The summed E-state index contributed by atoms with van der Waals surface area (Å²) in [5.74, 6) is -0.142. The van der Waals surface area contributed by atoms with Crippen LogP contribution in [0.2, 0.25) is 0 Å². The van der Waals surface area contributed by atoms with Gasteiger partial charge in [0.2, 0.25) is 0 Å². The molecule has 0 unspecified atom stereocenters. The van der Waals surface area contributed by atoms with E-state index < -0.39 is 0 Å². The van der Waals surface area contributed by atoms with Crippen LogP contribution in [-0.4, -0.2) is 15.7 Å². The van der Waals surface area contributed by atoms with E-state index in [1.54, 1.807) is 22.9 Å². The fourth-order valence-electron chi connectivity index (χ4n) is 2.08. The van der Waals surface area contributed by atoms with Gasteiger partial charge < -0.3 is 11.1 Å². The Morgan fingerprint density at radius 2 is 2.00 bits per heavy atom. The molecule has 5 nitrogen and oxygen atoms in total. The van der Waals surface area contributed by atoms with E-state index >= 15 is 0 Å². The average molecular weight is 258 g/mol. The third kappa shape index (κ3) is 2.45. The Hall–Kier alpha value is -2.30. The number of amides is 1. The predicted molar refractivity (Wildman–Crippen MR) is 76.2 cm³/mol. The monoisotopic (exact) mass is 258 g/mol. The largest absolute Gasteiger partial charge is 0.399 e. The second-order valence-electron chi connectivity index (χ2n) is 4.70. The minimum Gasteiger partial charge on any atom is -0.399 e. The van der Waals surface area contributed by atoms with E-state index in [4.69, 9.17) is 5.73 Å². The van der Waals surface area contributed by atoms with E-state index in [9.17, 15) is 4.79 Å². The molecule has 100 valence electrons. The first-order chi connectivity index (χ1) is 8.90. The highest BCUT2D eigenvalue weighted by molar-refractivity contribution is 6.06. The summed E-state index contributed by atoms with van der Waals surface area (Å²) >= 11 is 0. The van der Waals surface area contributed by atoms with E-state index in [1.165, 1.54) is 0 Å². The Morgan fingerprint density at radius 3 is 2.53 bits per heavy atom. The SMILES string of the molecule is Cc1cc(N)ccc1C(=O)Nc1c(C)nn(C)c1C. The molecule has 0 fully saturated rings. The molecule has 1 aromatic heterocycles. The van der Waals surface area contributed by atoms with Crippen LogP contribution in [0.3, 0.4) is 0 Å². The maximum absolute atomic E-state index is 12.3. The lowest BCUT2D eigenvalue weighted by atomic mass is 10.1. The maximum Gasteiger partial charge on any atom is 0.256 e. The summed E-state index contributed by atoms with van der Waals surface area (Å²) in [5.41, 5.74) is 10.3. The summed E-state index contributed by atoms with van der Waals surface area (Å²) < 4.78 is 1.75. The average Bonchev–Trinajstić information content (AvgIpc) is 2.56. The zero-order valence-corrected chi connectivity index (χ0v) is 11.6. The molecule has 1 amide bonds. The van der Waals surface area contributed by atoms with Crippen molar-refractivity contribution in [3.63, 3.8) is 0 Å². The van der Waals surface area contributed by atoms with Crippen LogP contribution in [-0.2, 0) is 7.05 Å². The van der Waals surface area contributed by atoms with Gasteiger partial charge in [0.15, 0.2) is 0 Å². The van der Waals surface area contributed by atoms with Gasteiger partial charge in [-0.05, 0) is 44.5 Å². The first-order valence-corrected chi connectivity index (χ1v) is 6.08. The van der Waals surface area contributed by atoms with Crippen molar-refractivity contribution in [2.75, 3.05) is 11.1 Å². The van der Waals surface area contributed by atoms with Crippen LogP contribution in [0.25, 0.3) is 0 Å². The molecule has 0 radical (unpaired) electrons. The number of benzene rings is 1. The number of hydrogen-bond acceptors (Lipinski definition) is 3. The van der Waals surface area contributed by atoms with Crippen molar-refractivity contribution in [2.24, 2.45) is 7.05 Å². The Bertz CT molecular complexity index is 643. The molecule has 2 aromatic rings.